The minimum atomic E-state index is -0.288. The molecule has 0 spiro atoms. The second-order valence-electron chi connectivity index (χ2n) is 4.97. The molecule has 23 heavy (non-hydrogen) atoms. The molecule has 0 radical (unpaired) electrons. The maximum absolute atomic E-state index is 11.5. The summed E-state index contributed by atoms with van der Waals surface area (Å²) < 4.78 is 11.8. The van der Waals surface area contributed by atoms with Gasteiger partial charge in [-0.25, -0.2) is 9.50 Å². The summed E-state index contributed by atoms with van der Waals surface area (Å²) in [5.41, 5.74) is 3.08. The summed E-state index contributed by atoms with van der Waals surface area (Å²) in [4.78, 5) is 15.9. The fourth-order valence-electron chi connectivity index (χ4n) is 2.31. The third-order valence-corrected chi connectivity index (χ3v) is 3.37. The monoisotopic (exact) mass is 311 g/mol. The van der Waals surface area contributed by atoms with Gasteiger partial charge in [-0.05, 0) is 31.2 Å². The number of ether oxygens (including phenoxy) is 2. The number of methoxy groups -OCH3 is 1. The number of hydrogen-bond acceptors (Lipinski definition) is 5. The van der Waals surface area contributed by atoms with E-state index in [1.54, 1.807) is 24.7 Å². The maximum Gasteiger partial charge on any atom is 0.311 e. The van der Waals surface area contributed by atoms with Gasteiger partial charge in [0.25, 0.3) is 0 Å². The van der Waals surface area contributed by atoms with Crippen LogP contribution in [0.4, 0.5) is 0 Å². The number of carbonyl (C=O) groups excluding carboxylic acids is 1. The van der Waals surface area contributed by atoms with E-state index >= 15 is 0 Å². The second kappa shape index (κ2) is 6.48. The van der Waals surface area contributed by atoms with Crippen molar-refractivity contribution in [2.24, 2.45) is 0 Å². The predicted molar refractivity (Wildman–Crippen MR) is 85.3 cm³/mol. The van der Waals surface area contributed by atoms with Crippen LogP contribution >= 0.6 is 0 Å². The lowest BCUT2D eigenvalue weighted by Gasteiger charge is -2.04. The Balaban J connectivity index is 1.91. The first kappa shape index (κ1) is 15.0. The molecule has 0 saturated carbocycles. The molecule has 0 fully saturated rings. The smallest absolute Gasteiger partial charge is 0.311 e. The summed E-state index contributed by atoms with van der Waals surface area (Å²) in [6.07, 6.45) is 1.89. The Hall–Kier alpha value is -2.89. The highest BCUT2D eigenvalue weighted by atomic mass is 16.5. The van der Waals surface area contributed by atoms with E-state index in [0.717, 1.165) is 17.0 Å². The first-order valence-electron chi connectivity index (χ1n) is 7.35. The van der Waals surface area contributed by atoms with Crippen molar-refractivity contribution in [2.75, 3.05) is 13.7 Å². The van der Waals surface area contributed by atoms with Crippen LogP contribution in [0.3, 0.4) is 0 Å². The molecule has 6 heteroatoms. The Bertz CT molecular complexity index is 842. The summed E-state index contributed by atoms with van der Waals surface area (Å²) in [6.45, 7) is 2.15. The van der Waals surface area contributed by atoms with Crippen LogP contribution in [0.5, 0.6) is 5.75 Å². The van der Waals surface area contributed by atoms with Crippen molar-refractivity contribution in [1.82, 2.24) is 14.6 Å². The van der Waals surface area contributed by atoms with Crippen LogP contribution < -0.4 is 4.74 Å². The zero-order chi connectivity index (χ0) is 16.2. The van der Waals surface area contributed by atoms with Gasteiger partial charge in [0.1, 0.15) is 5.75 Å². The van der Waals surface area contributed by atoms with E-state index in [-0.39, 0.29) is 12.4 Å². The topological polar surface area (TPSA) is 65.7 Å². The van der Waals surface area contributed by atoms with Crippen LogP contribution in [0, 0.1) is 0 Å². The van der Waals surface area contributed by atoms with Gasteiger partial charge in [-0.3, -0.25) is 4.79 Å². The van der Waals surface area contributed by atoms with E-state index in [1.807, 2.05) is 36.4 Å². The Labute approximate surface area is 133 Å². The van der Waals surface area contributed by atoms with Crippen LogP contribution in [0.1, 0.15) is 12.6 Å². The molecule has 0 aliphatic heterocycles. The number of nitrogens with zero attached hydrogens (tertiary/aromatic N) is 3. The quantitative estimate of drug-likeness (QED) is 0.677. The Morgan fingerprint density at radius 1 is 1.26 bits per heavy atom. The molecule has 0 N–H and O–H groups in total. The largest absolute Gasteiger partial charge is 0.497 e. The minimum Gasteiger partial charge on any atom is -0.497 e. The number of hydrogen-bond donors (Lipinski definition) is 0. The van der Waals surface area contributed by atoms with E-state index in [4.69, 9.17) is 9.47 Å². The van der Waals surface area contributed by atoms with Gasteiger partial charge < -0.3 is 9.47 Å². The number of aromatic nitrogens is 3. The molecule has 0 unspecified atom stereocenters. The van der Waals surface area contributed by atoms with Crippen LogP contribution in [-0.2, 0) is 16.0 Å². The van der Waals surface area contributed by atoms with E-state index < -0.39 is 0 Å². The SMILES string of the molecule is CCOC(=O)Cc1cn2nc(-c3cccc(OC)c3)ccc2n1. The number of imidazole rings is 1. The zero-order valence-corrected chi connectivity index (χ0v) is 13.0. The van der Waals surface area contributed by atoms with E-state index in [2.05, 4.69) is 10.1 Å². The fraction of sp³-hybridized carbons (Fsp3) is 0.235. The van der Waals surface area contributed by atoms with E-state index in [9.17, 15) is 4.79 Å². The van der Waals surface area contributed by atoms with Crippen molar-refractivity contribution in [3.63, 3.8) is 0 Å². The molecule has 1 aromatic carbocycles. The minimum absolute atomic E-state index is 0.145. The summed E-state index contributed by atoms with van der Waals surface area (Å²) in [5.74, 6) is 0.488. The van der Waals surface area contributed by atoms with Gasteiger partial charge in [0.05, 0.1) is 37.7 Å². The molecule has 0 amide bonds. The Morgan fingerprint density at radius 3 is 2.91 bits per heavy atom. The highest BCUT2D eigenvalue weighted by molar-refractivity contribution is 5.72. The Kier molecular flexibility index (Phi) is 4.23. The van der Waals surface area contributed by atoms with Gasteiger partial charge in [0.15, 0.2) is 5.65 Å². The highest BCUT2D eigenvalue weighted by Crippen LogP contribution is 2.22. The number of rotatable bonds is 5. The molecule has 0 atom stereocenters. The molecule has 118 valence electrons. The van der Waals surface area contributed by atoms with Crippen molar-refractivity contribution >= 4 is 11.6 Å². The predicted octanol–water partition coefficient (Wildman–Crippen LogP) is 2.51. The third kappa shape index (κ3) is 3.31. The molecular formula is C17H17N3O3. The average molecular weight is 311 g/mol. The van der Waals surface area contributed by atoms with Crippen LogP contribution in [0.15, 0.2) is 42.6 Å². The first-order chi connectivity index (χ1) is 11.2. The van der Waals surface area contributed by atoms with Gasteiger partial charge in [0.2, 0.25) is 0 Å². The summed E-state index contributed by atoms with van der Waals surface area (Å²) in [5, 5.41) is 4.54. The lowest BCUT2D eigenvalue weighted by atomic mass is 10.1. The lowest BCUT2D eigenvalue weighted by Crippen LogP contribution is -2.07. The number of benzene rings is 1. The molecule has 6 nitrogen and oxygen atoms in total. The average Bonchev–Trinajstić information content (AvgIpc) is 2.96. The molecule has 3 aromatic rings. The van der Waals surface area contributed by atoms with Crippen molar-refractivity contribution in [3.05, 3.63) is 48.3 Å². The summed E-state index contributed by atoms with van der Waals surface area (Å²) >= 11 is 0. The number of fused-ring (bicyclic) bond motifs is 1. The lowest BCUT2D eigenvalue weighted by molar-refractivity contribution is -0.142. The van der Waals surface area contributed by atoms with E-state index in [0.29, 0.717) is 17.9 Å². The van der Waals surface area contributed by atoms with Gasteiger partial charge in [-0.15, -0.1) is 0 Å². The van der Waals surface area contributed by atoms with Crippen molar-refractivity contribution in [3.8, 4) is 17.0 Å². The molecule has 0 aliphatic rings. The van der Waals surface area contributed by atoms with Gasteiger partial charge >= 0.3 is 5.97 Å². The third-order valence-electron chi connectivity index (χ3n) is 3.37. The standard InChI is InChI=1S/C17H17N3O3/c1-3-23-17(21)10-13-11-20-16(18-13)8-7-15(19-20)12-5-4-6-14(9-12)22-2/h4-9,11H,3,10H2,1-2H3. The van der Waals surface area contributed by atoms with E-state index in [1.165, 1.54) is 0 Å². The van der Waals surface area contributed by atoms with Gasteiger partial charge in [-0.1, -0.05) is 12.1 Å². The summed E-state index contributed by atoms with van der Waals surface area (Å²) in [7, 11) is 1.63. The second-order valence-corrected chi connectivity index (χ2v) is 4.97. The maximum atomic E-state index is 11.5. The number of esters is 1. The summed E-state index contributed by atoms with van der Waals surface area (Å²) in [6, 6.07) is 11.5. The molecule has 0 bridgehead atoms. The Morgan fingerprint density at radius 2 is 2.13 bits per heavy atom. The number of carbonyl (C=O) groups is 1. The molecular weight excluding hydrogens is 294 g/mol. The fourth-order valence-corrected chi connectivity index (χ4v) is 2.31. The first-order valence-corrected chi connectivity index (χ1v) is 7.35. The highest BCUT2D eigenvalue weighted by Gasteiger charge is 2.10. The van der Waals surface area contributed by atoms with Crippen molar-refractivity contribution < 1.29 is 14.3 Å². The van der Waals surface area contributed by atoms with Gasteiger partial charge in [0, 0.05) is 5.56 Å². The molecule has 2 heterocycles. The molecule has 2 aromatic heterocycles. The van der Waals surface area contributed by atoms with Crippen molar-refractivity contribution in [1.29, 1.82) is 0 Å². The molecule has 3 rings (SSSR count). The van der Waals surface area contributed by atoms with Crippen molar-refractivity contribution in [2.45, 2.75) is 13.3 Å². The van der Waals surface area contributed by atoms with Crippen LogP contribution in [0.25, 0.3) is 16.9 Å². The van der Waals surface area contributed by atoms with Gasteiger partial charge in [-0.2, -0.15) is 5.10 Å². The molecule has 0 aliphatic carbocycles. The van der Waals surface area contributed by atoms with Crippen LogP contribution in [-0.4, -0.2) is 34.3 Å². The molecule has 0 saturated heterocycles. The van der Waals surface area contributed by atoms with Crippen LogP contribution in [0.2, 0.25) is 0 Å². The zero-order valence-electron chi connectivity index (χ0n) is 13.0. The normalized spacial score (nSPS) is 10.7.